The molecule has 1 fully saturated rings. The molecule has 1 aliphatic heterocycles. The van der Waals surface area contributed by atoms with Gasteiger partial charge in [-0.15, -0.1) is 0 Å². The van der Waals surface area contributed by atoms with E-state index >= 15 is 0 Å². The van der Waals surface area contributed by atoms with Crippen molar-refractivity contribution >= 4 is 16.8 Å². The number of amides is 1. The fourth-order valence-electron chi connectivity index (χ4n) is 4.51. The standard InChI is InChI=1S/C24H29N3O/c1-17-7-3-4-8-20(17)18-11-13-27(14-12-18)24(28)23(25-2)15-19-16-26-22-10-6-5-9-21(19)22/h3-10,16,18,23,25-26H,11-15H2,1-2H3. The van der Waals surface area contributed by atoms with E-state index in [-0.39, 0.29) is 11.9 Å². The Morgan fingerprint density at radius 1 is 1.14 bits per heavy atom. The van der Waals surface area contributed by atoms with E-state index in [4.69, 9.17) is 0 Å². The summed E-state index contributed by atoms with van der Waals surface area (Å²) in [5.74, 6) is 0.780. The number of likely N-dealkylation sites (N-methyl/N-ethyl adjacent to an activating group) is 1. The van der Waals surface area contributed by atoms with Crippen molar-refractivity contribution in [3.05, 3.63) is 71.4 Å². The SMILES string of the molecule is CNC(Cc1c[nH]c2ccccc12)C(=O)N1CCC(c2ccccc2C)CC1. The molecule has 4 rings (SSSR count). The van der Waals surface area contributed by atoms with Crippen LogP contribution in [0.5, 0.6) is 0 Å². The van der Waals surface area contributed by atoms with Crippen molar-refractivity contribution < 1.29 is 4.79 Å². The summed E-state index contributed by atoms with van der Waals surface area (Å²) in [5, 5.41) is 4.45. The summed E-state index contributed by atoms with van der Waals surface area (Å²) < 4.78 is 0. The Balaban J connectivity index is 1.41. The van der Waals surface area contributed by atoms with E-state index in [2.05, 4.69) is 53.6 Å². The van der Waals surface area contributed by atoms with Crippen molar-refractivity contribution in [3.8, 4) is 0 Å². The molecular formula is C24H29N3O. The maximum Gasteiger partial charge on any atom is 0.240 e. The third-order valence-electron chi connectivity index (χ3n) is 6.18. The maximum atomic E-state index is 13.2. The second kappa shape index (κ2) is 8.19. The maximum absolute atomic E-state index is 13.2. The van der Waals surface area contributed by atoms with Gasteiger partial charge in [-0.3, -0.25) is 4.79 Å². The lowest BCUT2D eigenvalue weighted by molar-refractivity contribution is -0.134. The first kappa shape index (κ1) is 18.8. The van der Waals surface area contributed by atoms with Crippen molar-refractivity contribution in [1.82, 2.24) is 15.2 Å². The van der Waals surface area contributed by atoms with Gasteiger partial charge in [0.2, 0.25) is 5.91 Å². The third-order valence-corrected chi connectivity index (χ3v) is 6.18. The zero-order valence-electron chi connectivity index (χ0n) is 16.7. The fourth-order valence-corrected chi connectivity index (χ4v) is 4.51. The number of aryl methyl sites for hydroxylation is 1. The Hall–Kier alpha value is -2.59. The van der Waals surface area contributed by atoms with Gasteiger partial charge < -0.3 is 15.2 Å². The van der Waals surface area contributed by atoms with Crippen LogP contribution in [0.4, 0.5) is 0 Å². The molecule has 1 saturated heterocycles. The molecule has 2 aromatic carbocycles. The van der Waals surface area contributed by atoms with Crippen LogP contribution >= 0.6 is 0 Å². The highest BCUT2D eigenvalue weighted by atomic mass is 16.2. The van der Waals surface area contributed by atoms with Crippen LogP contribution in [-0.2, 0) is 11.2 Å². The topological polar surface area (TPSA) is 48.1 Å². The molecule has 0 aliphatic carbocycles. The van der Waals surface area contributed by atoms with Crippen molar-refractivity contribution in [2.75, 3.05) is 20.1 Å². The number of hydrogen-bond donors (Lipinski definition) is 2. The van der Waals surface area contributed by atoms with E-state index in [1.165, 1.54) is 22.1 Å². The van der Waals surface area contributed by atoms with Crippen molar-refractivity contribution in [3.63, 3.8) is 0 Å². The van der Waals surface area contributed by atoms with Gasteiger partial charge in [0.25, 0.3) is 0 Å². The van der Waals surface area contributed by atoms with Gasteiger partial charge in [0.15, 0.2) is 0 Å². The number of benzene rings is 2. The highest BCUT2D eigenvalue weighted by Crippen LogP contribution is 2.30. The van der Waals surface area contributed by atoms with E-state index in [1.807, 2.05) is 30.3 Å². The van der Waals surface area contributed by atoms with Gasteiger partial charge in [-0.25, -0.2) is 0 Å². The van der Waals surface area contributed by atoms with E-state index < -0.39 is 0 Å². The summed E-state index contributed by atoms with van der Waals surface area (Å²) >= 11 is 0. The molecule has 4 nitrogen and oxygen atoms in total. The number of carbonyl (C=O) groups excluding carboxylic acids is 1. The summed E-state index contributed by atoms with van der Waals surface area (Å²) in [5.41, 5.74) is 5.12. The number of nitrogens with zero attached hydrogens (tertiary/aromatic N) is 1. The summed E-state index contributed by atoms with van der Waals surface area (Å²) in [7, 11) is 1.89. The zero-order chi connectivity index (χ0) is 19.5. The predicted molar refractivity (Wildman–Crippen MR) is 115 cm³/mol. The number of fused-ring (bicyclic) bond motifs is 1. The number of likely N-dealkylation sites (tertiary alicyclic amines) is 1. The summed E-state index contributed by atoms with van der Waals surface area (Å²) in [6, 6.07) is 16.7. The van der Waals surface area contributed by atoms with Gasteiger partial charge in [0.1, 0.15) is 0 Å². The molecule has 0 bridgehead atoms. The smallest absolute Gasteiger partial charge is 0.240 e. The van der Waals surface area contributed by atoms with Crippen molar-refractivity contribution in [2.24, 2.45) is 0 Å². The Bertz CT molecular complexity index is 953. The van der Waals surface area contributed by atoms with Crippen molar-refractivity contribution in [2.45, 2.75) is 38.1 Å². The van der Waals surface area contributed by atoms with Crippen LogP contribution < -0.4 is 5.32 Å². The van der Waals surface area contributed by atoms with Crippen LogP contribution in [-0.4, -0.2) is 42.0 Å². The van der Waals surface area contributed by atoms with Crippen LogP contribution in [0, 0.1) is 6.92 Å². The van der Waals surface area contributed by atoms with Gasteiger partial charge in [-0.2, -0.15) is 0 Å². The molecule has 2 N–H and O–H groups in total. The highest BCUT2D eigenvalue weighted by Gasteiger charge is 2.29. The predicted octanol–water partition coefficient (Wildman–Crippen LogP) is 4.01. The summed E-state index contributed by atoms with van der Waals surface area (Å²) in [4.78, 5) is 18.5. The van der Waals surface area contributed by atoms with Gasteiger partial charge >= 0.3 is 0 Å². The third kappa shape index (κ3) is 3.69. The molecule has 28 heavy (non-hydrogen) atoms. The van der Waals surface area contributed by atoms with Gasteiger partial charge in [0, 0.05) is 30.2 Å². The number of aromatic nitrogens is 1. The number of carbonyl (C=O) groups is 1. The second-order valence-corrected chi connectivity index (χ2v) is 7.86. The number of para-hydroxylation sites is 1. The molecule has 1 aromatic heterocycles. The molecule has 1 aliphatic rings. The number of rotatable bonds is 5. The average Bonchev–Trinajstić information content (AvgIpc) is 3.15. The lowest BCUT2D eigenvalue weighted by Crippen LogP contribution is -2.49. The molecule has 4 heteroatoms. The molecule has 0 spiro atoms. The van der Waals surface area contributed by atoms with Gasteiger partial charge in [0.05, 0.1) is 6.04 Å². The average molecular weight is 376 g/mol. The molecule has 146 valence electrons. The minimum atomic E-state index is -0.186. The Kier molecular flexibility index (Phi) is 5.49. The van der Waals surface area contributed by atoms with E-state index in [0.717, 1.165) is 31.4 Å². The Morgan fingerprint density at radius 2 is 1.86 bits per heavy atom. The minimum absolute atomic E-state index is 0.186. The summed E-state index contributed by atoms with van der Waals surface area (Å²) in [6.07, 6.45) is 4.82. The van der Waals surface area contributed by atoms with Crippen LogP contribution in [0.3, 0.4) is 0 Å². The molecule has 1 atom stereocenters. The lowest BCUT2D eigenvalue weighted by atomic mass is 9.86. The number of aromatic amines is 1. The summed E-state index contributed by atoms with van der Waals surface area (Å²) in [6.45, 7) is 3.86. The largest absolute Gasteiger partial charge is 0.361 e. The van der Waals surface area contributed by atoms with Crippen LogP contribution in [0.25, 0.3) is 10.9 Å². The lowest BCUT2D eigenvalue weighted by Gasteiger charge is -2.35. The zero-order valence-corrected chi connectivity index (χ0v) is 16.7. The molecular weight excluding hydrogens is 346 g/mol. The first-order valence-electron chi connectivity index (χ1n) is 10.2. The quantitative estimate of drug-likeness (QED) is 0.708. The number of H-pyrrole nitrogens is 1. The monoisotopic (exact) mass is 375 g/mol. The fraction of sp³-hybridized carbons (Fsp3) is 0.375. The number of nitrogens with one attached hydrogen (secondary N) is 2. The van der Waals surface area contributed by atoms with Crippen LogP contribution in [0.2, 0.25) is 0 Å². The van der Waals surface area contributed by atoms with E-state index in [0.29, 0.717) is 12.3 Å². The van der Waals surface area contributed by atoms with Crippen molar-refractivity contribution in [1.29, 1.82) is 0 Å². The Labute approximate surface area is 166 Å². The first-order valence-corrected chi connectivity index (χ1v) is 10.2. The molecule has 2 heterocycles. The molecule has 0 radical (unpaired) electrons. The number of hydrogen-bond acceptors (Lipinski definition) is 2. The first-order chi connectivity index (χ1) is 13.7. The highest BCUT2D eigenvalue weighted by molar-refractivity contribution is 5.86. The molecule has 1 amide bonds. The number of piperidine rings is 1. The molecule has 3 aromatic rings. The Morgan fingerprint density at radius 3 is 2.61 bits per heavy atom. The van der Waals surface area contributed by atoms with E-state index in [9.17, 15) is 4.79 Å². The molecule has 1 unspecified atom stereocenters. The van der Waals surface area contributed by atoms with Gasteiger partial charge in [-0.1, -0.05) is 42.5 Å². The minimum Gasteiger partial charge on any atom is -0.361 e. The molecule has 0 saturated carbocycles. The second-order valence-electron chi connectivity index (χ2n) is 7.86. The van der Waals surface area contributed by atoms with E-state index in [1.54, 1.807) is 0 Å². The normalized spacial score (nSPS) is 16.4. The van der Waals surface area contributed by atoms with Crippen LogP contribution in [0.15, 0.2) is 54.7 Å². The van der Waals surface area contributed by atoms with Crippen LogP contribution in [0.1, 0.15) is 35.4 Å². The van der Waals surface area contributed by atoms with Gasteiger partial charge in [-0.05, 0) is 61.9 Å².